The second-order valence-corrected chi connectivity index (χ2v) is 6.89. The van der Waals surface area contributed by atoms with Crippen LogP contribution in [-0.4, -0.2) is 44.9 Å². The van der Waals surface area contributed by atoms with E-state index in [1.165, 1.54) is 31.4 Å². The number of esters is 1. The van der Waals surface area contributed by atoms with E-state index in [1.54, 1.807) is 6.92 Å². The number of methoxy groups -OCH3 is 1. The Morgan fingerprint density at radius 2 is 1.83 bits per heavy atom. The van der Waals surface area contributed by atoms with Crippen LogP contribution in [0.15, 0.2) is 29.2 Å². The molecule has 0 saturated heterocycles. The van der Waals surface area contributed by atoms with Crippen molar-refractivity contribution in [1.29, 1.82) is 0 Å². The fourth-order valence-corrected chi connectivity index (χ4v) is 3.30. The van der Waals surface area contributed by atoms with Crippen LogP contribution < -0.4 is 4.74 Å². The lowest BCUT2D eigenvalue weighted by atomic mass is 10.0. The lowest BCUT2D eigenvalue weighted by molar-refractivity contribution is -0.158. The number of hydrogen-bond acceptors (Lipinski definition) is 6. The minimum absolute atomic E-state index is 0.0458. The van der Waals surface area contributed by atoms with Gasteiger partial charge in [-0.2, -0.15) is 0 Å². The molecule has 0 aliphatic rings. The Hall–Kier alpha value is -2.09. The quantitative estimate of drug-likeness (QED) is 0.534. The summed E-state index contributed by atoms with van der Waals surface area (Å²) < 4.78 is 34.0. The van der Waals surface area contributed by atoms with Gasteiger partial charge in [0.25, 0.3) is 0 Å². The van der Waals surface area contributed by atoms with Crippen LogP contribution in [0.1, 0.15) is 19.8 Å². The zero-order chi connectivity index (χ0) is 17.5. The average Bonchev–Trinajstić information content (AvgIpc) is 2.51. The summed E-state index contributed by atoms with van der Waals surface area (Å²) in [6.07, 6.45) is -0.0479. The average molecular weight is 344 g/mol. The third-order valence-electron chi connectivity index (χ3n) is 3.19. The van der Waals surface area contributed by atoms with Gasteiger partial charge in [-0.3, -0.25) is 9.59 Å². The molecule has 8 heteroatoms. The first-order valence-electron chi connectivity index (χ1n) is 7.08. The smallest absolute Gasteiger partial charge is 0.320 e. The summed E-state index contributed by atoms with van der Waals surface area (Å²) in [5, 5.41) is 9.01. The van der Waals surface area contributed by atoms with Gasteiger partial charge in [0.2, 0.25) is 0 Å². The van der Waals surface area contributed by atoms with Crippen molar-refractivity contribution < 1.29 is 32.6 Å². The van der Waals surface area contributed by atoms with Crippen LogP contribution in [0.25, 0.3) is 0 Å². The zero-order valence-corrected chi connectivity index (χ0v) is 13.8. The topological polar surface area (TPSA) is 107 Å². The summed E-state index contributed by atoms with van der Waals surface area (Å²) in [7, 11) is -2.07. The molecule has 1 unspecified atom stereocenters. The highest BCUT2D eigenvalue weighted by molar-refractivity contribution is 7.91. The molecule has 0 aromatic heterocycles. The predicted octanol–water partition coefficient (Wildman–Crippen LogP) is 1.51. The fourth-order valence-electron chi connectivity index (χ4n) is 1.96. The molecule has 0 radical (unpaired) electrons. The maximum atomic E-state index is 12.2. The van der Waals surface area contributed by atoms with E-state index in [4.69, 9.17) is 9.84 Å². The van der Waals surface area contributed by atoms with Gasteiger partial charge in [-0.05, 0) is 44.0 Å². The van der Waals surface area contributed by atoms with E-state index in [9.17, 15) is 18.0 Å². The molecule has 1 aromatic carbocycles. The maximum absolute atomic E-state index is 12.2. The molecule has 0 aliphatic carbocycles. The Labute approximate surface area is 135 Å². The van der Waals surface area contributed by atoms with Crippen LogP contribution in [0, 0.1) is 5.92 Å². The highest BCUT2D eigenvalue weighted by Crippen LogP contribution is 2.19. The number of benzene rings is 1. The van der Waals surface area contributed by atoms with Crippen LogP contribution in [0.2, 0.25) is 0 Å². The first-order valence-corrected chi connectivity index (χ1v) is 8.73. The lowest BCUT2D eigenvalue weighted by Gasteiger charge is -2.11. The number of sulfone groups is 1. The van der Waals surface area contributed by atoms with E-state index in [0.29, 0.717) is 5.75 Å². The Morgan fingerprint density at radius 1 is 1.22 bits per heavy atom. The molecule has 0 fully saturated rings. The second kappa shape index (κ2) is 8.52. The molecule has 23 heavy (non-hydrogen) atoms. The molecule has 1 aromatic rings. The summed E-state index contributed by atoms with van der Waals surface area (Å²) >= 11 is 0. The van der Waals surface area contributed by atoms with Crippen LogP contribution in [0.4, 0.5) is 0 Å². The number of carboxylic acids is 1. The molecule has 1 N–H and O–H groups in total. The Morgan fingerprint density at radius 3 is 2.30 bits per heavy atom. The van der Waals surface area contributed by atoms with Gasteiger partial charge >= 0.3 is 11.9 Å². The summed E-state index contributed by atoms with van der Waals surface area (Å²) in [5.41, 5.74) is 0. The summed E-state index contributed by atoms with van der Waals surface area (Å²) in [6, 6.07) is 5.92. The Kier molecular flexibility index (Phi) is 7.02. The standard InChI is InChI=1S/C15H20O7S/c1-3-22-15(18)13(14(16)17)5-4-10-23(19,20)12-8-6-11(21-2)7-9-12/h6-9,13H,3-5,10H2,1-2H3,(H,16,17). The van der Waals surface area contributed by atoms with Crippen molar-refractivity contribution in [2.75, 3.05) is 19.5 Å². The van der Waals surface area contributed by atoms with Gasteiger partial charge in [0, 0.05) is 0 Å². The third kappa shape index (κ3) is 5.55. The molecule has 128 valence electrons. The molecule has 0 amide bonds. The van der Waals surface area contributed by atoms with Gasteiger partial charge in [0.1, 0.15) is 5.75 Å². The van der Waals surface area contributed by atoms with Crippen molar-refractivity contribution in [2.45, 2.75) is 24.7 Å². The van der Waals surface area contributed by atoms with Gasteiger partial charge < -0.3 is 14.6 Å². The van der Waals surface area contributed by atoms with E-state index in [1.807, 2.05) is 0 Å². The molecular formula is C15H20O7S. The van der Waals surface area contributed by atoms with Crippen LogP contribution in [0.3, 0.4) is 0 Å². The number of ether oxygens (including phenoxy) is 2. The Balaban J connectivity index is 2.67. The van der Waals surface area contributed by atoms with E-state index in [0.717, 1.165) is 0 Å². The second-order valence-electron chi connectivity index (χ2n) is 4.78. The highest BCUT2D eigenvalue weighted by atomic mass is 32.2. The third-order valence-corrected chi connectivity index (χ3v) is 5.01. The molecule has 1 atom stereocenters. The van der Waals surface area contributed by atoms with E-state index >= 15 is 0 Å². The van der Waals surface area contributed by atoms with E-state index < -0.39 is 27.7 Å². The van der Waals surface area contributed by atoms with Crippen molar-refractivity contribution in [3.8, 4) is 5.75 Å². The van der Waals surface area contributed by atoms with Gasteiger partial charge in [-0.15, -0.1) is 0 Å². The molecule has 7 nitrogen and oxygen atoms in total. The summed E-state index contributed by atoms with van der Waals surface area (Å²) in [6.45, 7) is 1.65. The van der Waals surface area contributed by atoms with E-state index in [-0.39, 0.29) is 30.1 Å². The highest BCUT2D eigenvalue weighted by Gasteiger charge is 2.28. The van der Waals surface area contributed by atoms with Crippen molar-refractivity contribution in [1.82, 2.24) is 0 Å². The fraction of sp³-hybridized carbons (Fsp3) is 0.467. The zero-order valence-electron chi connectivity index (χ0n) is 13.0. The first kappa shape index (κ1) is 19.0. The number of rotatable bonds is 9. The summed E-state index contributed by atoms with van der Waals surface area (Å²) in [5.74, 6) is -3.21. The normalized spacial score (nSPS) is 12.4. The molecule has 0 bridgehead atoms. The Bertz CT molecular complexity index is 634. The van der Waals surface area contributed by atoms with Gasteiger partial charge in [-0.25, -0.2) is 8.42 Å². The number of hydrogen-bond donors (Lipinski definition) is 1. The van der Waals surface area contributed by atoms with Gasteiger partial charge in [0.15, 0.2) is 15.8 Å². The van der Waals surface area contributed by atoms with Crippen LogP contribution in [-0.2, 0) is 24.2 Å². The largest absolute Gasteiger partial charge is 0.497 e. The monoisotopic (exact) mass is 344 g/mol. The maximum Gasteiger partial charge on any atom is 0.320 e. The number of carboxylic acid groups (broad SMARTS) is 1. The van der Waals surface area contributed by atoms with Crippen molar-refractivity contribution >= 4 is 21.8 Å². The SMILES string of the molecule is CCOC(=O)C(CCCS(=O)(=O)c1ccc(OC)cc1)C(=O)O. The van der Waals surface area contributed by atoms with Gasteiger partial charge in [0.05, 0.1) is 24.4 Å². The van der Waals surface area contributed by atoms with Crippen molar-refractivity contribution in [3.63, 3.8) is 0 Å². The van der Waals surface area contributed by atoms with Crippen molar-refractivity contribution in [3.05, 3.63) is 24.3 Å². The molecule has 0 spiro atoms. The molecule has 0 saturated carbocycles. The molecular weight excluding hydrogens is 324 g/mol. The van der Waals surface area contributed by atoms with E-state index in [2.05, 4.69) is 4.74 Å². The van der Waals surface area contributed by atoms with Crippen LogP contribution in [0.5, 0.6) is 5.75 Å². The number of carbonyl (C=O) groups is 2. The van der Waals surface area contributed by atoms with Crippen LogP contribution >= 0.6 is 0 Å². The van der Waals surface area contributed by atoms with Gasteiger partial charge in [-0.1, -0.05) is 0 Å². The number of carbonyl (C=O) groups excluding carboxylic acids is 1. The minimum atomic E-state index is -3.55. The van der Waals surface area contributed by atoms with Crippen molar-refractivity contribution in [2.24, 2.45) is 5.92 Å². The minimum Gasteiger partial charge on any atom is -0.497 e. The molecule has 1 rings (SSSR count). The predicted molar refractivity (Wildman–Crippen MR) is 82.0 cm³/mol. The summed E-state index contributed by atoms with van der Waals surface area (Å²) in [4.78, 5) is 22.7. The lowest BCUT2D eigenvalue weighted by Crippen LogP contribution is -2.26. The molecule has 0 heterocycles. The molecule has 0 aliphatic heterocycles. The first-order chi connectivity index (χ1) is 10.8. The number of aliphatic carboxylic acids is 1.